The van der Waals surface area contributed by atoms with Gasteiger partial charge in [-0.05, 0) is 19.1 Å². The first kappa shape index (κ1) is 13.6. The van der Waals surface area contributed by atoms with Gasteiger partial charge in [-0.2, -0.15) is 13.2 Å². The van der Waals surface area contributed by atoms with Crippen LogP contribution in [0.15, 0.2) is 30.3 Å². The molecule has 0 aliphatic heterocycles. The van der Waals surface area contributed by atoms with Crippen LogP contribution >= 0.6 is 12.0 Å². The minimum absolute atomic E-state index is 0.149. The molecule has 8 heteroatoms. The Morgan fingerprint density at radius 3 is 2.47 bits per heavy atom. The Kier molecular flexibility index (Phi) is 3.61. The SMILES string of the molecule is Cc1c(OSC(F)(F)F)nn(-c2ccccc2)c1N. The first-order valence-electron chi connectivity index (χ1n) is 5.21. The quantitative estimate of drug-likeness (QED) is 0.881. The van der Waals surface area contributed by atoms with Crippen molar-refractivity contribution in [1.82, 2.24) is 9.78 Å². The van der Waals surface area contributed by atoms with E-state index < -0.39 is 17.6 Å². The predicted molar refractivity (Wildman–Crippen MR) is 67.0 cm³/mol. The van der Waals surface area contributed by atoms with Crippen LogP contribution in [0, 0.1) is 6.92 Å². The molecule has 0 fully saturated rings. The van der Waals surface area contributed by atoms with Crippen molar-refractivity contribution in [3.8, 4) is 11.6 Å². The van der Waals surface area contributed by atoms with Gasteiger partial charge in [0.1, 0.15) is 5.82 Å². The summed E-state index contributed by atoms with van der Waals surface area (Å²) < 4.78 is 42.1. The highest BCUT2D eigenvalue weighted by molar-refractivity contribution is 7.95. The van der Waals surface area contributed by atoms with E-state index >= 15 is 0 Å². The summed E-state index contributed by atoms with van der Waals surface area (Å²) in [5, 5.41) is 3.93. The first-order valence-corrected chi connectivity index (χ1v) is 5.95. The van der Waals surface area contributed by atoms with Crippen molar-refractivity contribution >= 4 is 17.9 Å². The van der Waals surface area contributed by atoms with Crippen molar-refractivity contribution in [1.29, 1.82) is 0 Å². The van der Waals surface area contributed by atoms with Gasteiger partial charge in [0.25, 0.3) is 5.88 Å². The normalized spacial score (nSPS) is 11.6. The third-order valence-electron chi connectivity index (χ3n) is 2.34. The molecule has 0 radical (unpaired) electrons. The molecule has 1 aromatic heterocycles. The number of para-hydroxylation sites is 1. The van der Waals surface area contributed by atoms with Gasteiger partial charge in [-0.3, -0.25) is 0 Å². The number of nitrogens with two attached hydrogens (primary N) is 1. The number of hydrogen-bond acceptors (Lipinski definition) is 4. The number of rotatable bonds is 3. The predicted octanol–water partition coefficient (Wildman–Crippen LogP) is 3.31. The van der Waals surface area contributed by atoms with E-state index in [4.69, 9.17) is 5.73 Å². The second kappa shape index (κ2) is 5.04. The summed E-state index contributed by atoms with van der Waals surface area (Å²) in [6.45, 7) is 1.55. The van der Waals surface area contributed by atoms with E-state index in [-0.39, 0.29) is 11.7 Å². The third-order valence-corrected chi connectivity index (χ3v) is 2.77. The number of hydrogen-bond donors (Lipinski definition) is 1. The standard InChI is InChI=1S/C11H10F3N3OS/c1-7-9(15)17(8-5-3-2-4-6-8)16-10(7)18-19-11(12,13)14/h2-6H,15H2,1H3. The number of anilines is 1. The summed E-state index contributed by atoms with van der Waals surface area (Å²) >= 11 is -0.613. The van der Waals surface area contributed by atoms with Crippen molar-refractivity contribution in [2.45, 2.75) is 12.4 Å². The van der Waals surface area contributed by atoms with E-state index in [1.54, 1.807) is 31.2 Å². The maximum atomic E-state index is 12.1. The average Bonchev–Trinajstić information content (AvgIpc) is 2.64. The number of benzene rings is 1. The molecule has 0 aliphatic rings. The number of aromatic nitrogens is 2. The van der Waals surface area contributed by atoms with Crippen LogP contribution < -0.4 is 9.92 Å². The zero-order valence-corrected chi connectivity index (χ0v) is 10.6. The summed E-state index contributed by atoms with van der Waals surface area (Å²) in [5.74, 6) is 0.0904. The lowest BCUT2D eigenvalue weighted by Crippen LogP contribution is -2.03. The molecule has 2 N–H and O–H groups in total. The monoisotopic (exact) mass is 289 g/mol. The van der Waals surface area contributed by atoms with Crippen LogP contribution in [-0.2, 0) is 0 Å². The van der Waals surface area contributed by atoms with Crippen molar-refractivity contribution in [3.05, 3.63) is 35.9 Å². The van der Waals surface area contributed by atoms with Crippen LogP contribution in [-0.4, -0.2) is 15.3 Å². The zero-order chi connectivity index (χ0) is 14.0. The highest BCUT2D eigenvalue weighted by atomic mass is 32.2. The molecule has 19 heavy (non-hydrogen) atoms. The fourth-order valence-electron chi connectivity index (χ4n) is 1.42. The van der Waals surface area contributed by atoms with Gasteiger partial charge >= 0.3 is 5.51 Å². The molecular formula is C11H10F3N3OS. The van der Waals surface area contributed by atoms with Crippen LogP contribution in [0.5, 0.6) is 5.88 Å². The smallest absolute Gasteiger partial charge is 0.395 e. The molecule has 2 rings (SSSR count). The Balaban J connectivity index is 2.29. The maximum absolute atomic E-state index is 12.1. The van der Waals surface area contributed by atoms with Gasteiger partial charge in [-0.25, -0.2) is 4.68 Å². The van der Waals surface area contributed by atoms with E-state index in [0.717, 1.165) is 0 Å². The molecule has 0 aliphatic carbocycles. The first-order chi connectivity index (χ1) is 8.88. The maximum Gasteiger partial charge on any atom is 0.479 e. The van der Waals surface area contributed by atoms with Gasteiger partial charge in [0, 0.05) is 0 Å². The largest absolute Gasteiger partial charge is 0.479 e. The van der Waals surface area contributed by atoms with Crippen LogP contribution in [0.4, 0.5) is 19.0 Å². The molecule has 1 heterocycles. The molecule has 0 atom stereocenters. The summed E-state index contributed by atoms with van der Waals surface area (Å²) in [7, 11) is 0. The van der Waals surface area contributed by atoms with E-state index in [2.05, 4.69) is 9.28 Å². The van der Waals surface area contributed by atoms with Crippen molar-refractivity contribution in [3.63, 3.8) is 0 Å². The van der Waals surface area contributed by atoms with E-state index in [1.165, 1.54) is 4.68 Å². The Bertz CT molecular complexity index is 569. The Hall–Kier alpha value is -1.83. The molecule has 2 aromatic rings. The fraction of sp³-hybridized carbons (Fsp3) is 0.182. The Morgan fingerprint density at radius 2 is 1.89 bits per heavy atom. The van der Waals surface area contributed by atoms with Gasteiger partial charge in [-0.15, -0.1) is 5.10 Å². The minimum atomic E-state index is -4.49. The zero-order valence-electron chi connectivity index (χ0n) is 9.81. The molecule has 0 saturated heterocycles. The summed E-state index contributed by atoms with van der Waals surface area (Å²) in [6, 6.07) is 8.84. The third kappa shape index (κ3) is 3.14. The lowest BCUT2D eigenvalue weighted by molar-refractivity contribution is -0.0370. The summed E-state index contributed by atoms with van der Waals surface area (Å²) in [5.41, 5.74) is 2.33. The number of nitrogen functional groups attached to an aromatic ring is 1. The van der Waals surface area contributed by atoms with Crippen molar-refractivity contribution in [2.75, 3.05) is 5.73 Å². The van der Waals surface area contributed by atoms with Crippen molar-refractivity contribution in [2.24, 2.45) is 0 Å². The van der Waals surface area contributed by atoms with Gasteiger partial charge in [0.05, 0.1) is 11.3 Å². The molecule has 0 bridgehead atoms. The van der Waals surface area contributed by atoms with E-state index in [9.17, 15) is 13.2 Å². The summed E-state index contributed by atoms with van der Waals surface area (Å²) in [6.07, 6.45) is 0. The number of nitrogens with zero attached hydrogens (tertiary/aromatic N) is 2. The number of alkyl halides is 3. The second-order valence-corrected chi connectivity index (χ2v) is 4.47. The Labute approximate surface area is 111 Å². The van der Waals surface area contributed by atoms with Crippen LogP contribution in [0.1, 0.15) is 5.56 Å². The molecule has 0 spiro atoms. The minimum Gasteiger partial charge on any atom is -0.395 e. The average molecular weight is 289 g/mol. The topological polar surface area (TPSA) is 53.1 Å². The molecule has 4 nitrogen and oxygen atoms in total. The molecule has 0 amide bonds. The molecule has 0 unspecified atom stereocenters. The highest BCUT2D eigenvalue weighted by Gasteiger charge is 2.32. The van der Waals surface area contributed by atoms with Crippen LogP contribution in [0.3, 0.4) is 0 Å². The van der Waals surface area contributed by atoms with Gasteiger partial charge in [-0.1, -0.05) is 18.2 Å². The molecule has 102 valence electrons. The van der Waals surface area contributed by atoms with E-state index in [1.807, 2.05) is 6.07 Å². The van der Waals surface area contributed by atoms with Gasteiger partial charge in [0.2, 0.25) is 0 Å². The lowest BCUT2D eigenvalue weighted by atomic mass is 10.3. The molecular weight excluding hydrogens is 279 g/mol. The number of halogens is 3. The molecule has 0 saturated carbocycles. The molecule has 1 aromatic carbocycles. The lowest BCUT2D eigenvalue weighted by Gasteiger charge is -2.04. The summed E-state index contributed by atoms with van der Waals surface area (Å²) in [4.78, 5) is 0. The van der Waals surface area contributed by atoms with E-state index in [0.29, 0.717) is 11.3 Å². The second-order valence-electron chi connectivity index (χ2n) is 3.68. The van der Waals surface area contributed by atoms with Crippen molar-refractivity contribution < 1.29 is 17.4 Å². The van der Waals surface area contributed by atoms with Gasteiger partial charge < -0.3 is 9.92 Å². The van der Waals surface area contributed by atoms with Crippen LogP contribution in [0.25, 0.3) is 5.69 Å². The fourth-order valence-corrected chi connectivity index (χ4v) is 1.75. The van der Waals surface area contributed by atoms with Crippen LogP contribution in [0.2, 0.25) is 0 Å². The Morgan fingerprint density at radius 1 is 1.26 bits per heavy atom. The highest BCUT2D eigenvalue weighted by Crippen LogP contribution is 2.35. The van der Waals surface area contributed by atoms with Gasteiger partial charge in [0.15, 0.2) is 12.0 Å².